The zero-order valence-corrected chi connectivity index (χ0v) is 19.2. The van der Waals surface area contributed by atoms with Crippen LogP contribution >= 0.6 is 11.6 Å². The maximum atomic E-state index is 12.4. The zero-order chi connectivity index (χ0) is 23.7. The van der Waals surface area contributed by atoms with Gasteiger partial charge in [-0.1, -0.05) is 27.3 Å². The van der Waals surface area contributed by atoms with E-state index in [9.17, 15) is 19.2 Å². The van der Waals surface area contributed by atoms with Crippen LogP contribution in [0.5, 0.6) is 5.75 Å². The van der Waals surface area contributed by atoms with Crippen LogP contribution in [0.2, 0.25) is 0 Å². The lowest BCUT2D eigenvalue weighted by Crippen LogP contribution is -2.47. The molecule has 0 radical (unpaired) electrons. The van der Waals surface area contributed by atoms with Crippen molar-refractivity contribution in [3.8, 4) is 5.75 Å². The number of ether oxygens (including phenoxy) is 1. The van der Waals surface area contributed by atoms with E-state index in [0.29, 0.717) is 18.7 Å². The Morgan fingerprint density at radius 1 is 1.27 bits per heavy atom. The van der Waals surface area contributed by atoms with Crippen LogP contribution in [0.15, 0.2) is 24.3 Å². The SMILES string of the molecule is C.CC.COc1cccc2[nH]c(C(=O)NCC(=O)N[C@@H](C[C@@H]3CCNC3=O)C(=O)CCl)cc12. The summed E-state index contributed by atoms with van der Waals surface area (Å²) < 4.78 is 5.27. The van der Waals surface area contributed by atoms with Crippen molar-refractivity contribution in [3.05, 3.63) is 30.0 Å². The first-order valence-corrected chi connectivity index (χ1v) is 11.1. The number of carbonyl (C=O) groups is 4. The van der Waals surface area contributed by atoms with Crippen molar-refractivity contribution in [3.63, 3.8) is 0 Å². The Bertz CT molecular complexity index is 975. The lowest BCUT2D eigenvalue weighted by Gasteiger charge is -2.19. The van der Waals surface area contributed by atoms with Crippen molar-refractivity contribution in [2.45, 2.75) is 40.2 Å². The first kappa shape index (κ1) is 28.0. The Kier molecular flexibility index (Phi) is 11.4. The molecule has 10 heteroatoms. The number of benzene rings is 1. The Morgan fingerprint density at radius 3 is 2.61 bits per heavy atom. The summed E-state index contributed by atoms with van der Waals surface area (Å²) in [6, 6.07) is 6.15. The van der Waals surface area contributed by atoms with Gasteiger partial charge >= 0.3 is 0 Å². The lowest BCUT2D eigenvalue weighted by atomic mass is 9.96. The second-order valence-corrected chi connectivity index (χ2v) is 7.29. The van der Waals surface area contributed by atoms with Crippen LogP contribution in [0.3, 0.4) is 0 Å². The van der Waals surface area contributed by atoms with Crippen LogP contribution < -0.4 is 20.7 Å². The van der Waals surface area contributed by atoms with Crippen molar-refractivity contribution >= 4 is 46.0 Å². The number of nitrogens with one attached hydrogen (secondary N) is 4. The smallest absolute Gasteiger partial charge is 0.268 e. The number of H-pyrrole nitrogens is 1. The van der Waals surface area contributed by atoms with Gasteiger partial charge in [0.2, 0.25) is 11.8 Å². The molecule has 9 nitrogen and oxygen atoms in total. The number of hydrogen-bond acceptors (Lipinski definition) is 5. The van der Waals surface area contributed by atoms with Gasteiger partial charge < -0.3 is 25.7 Å². The van der Waals surface area contributed by atoms with E-state index >= 15 is 0 Å². The molecule has 33 heavy (non-hydrogen) atoms. The molecule has 1 aliphatic rings. The number of ketones is 1. The van der Waals surface area contributed by atoms with E-state index in [1.165, 1.54) is 0 Å². The van der Waals surface area contributed by atoms with E-state index in [1.54, 1.807) is 25.3 Å². The van der Waals surface area contributed by atoms with Crippen LogP contribution in [0.1, 0.15) is 44.6 Å². The van der Waals surface area contributed by atoms with Gasteiger partial charge in [-0.2, -0.15) is 0 Å². The first-order valence-electron chi connectivity index (χ1n) is 10.5. The molecule has 1 aliphatic heterocycles. The summed E-state index contributed by atoms with van der Waals surface area (Å²) in [5.41, 5.74) is 1.00. The predicted octanol–water partition coefficient (Wildman–Crippen LogP) is 2.39. The molecule has 182 valence electrons. The largest absolute Gasteiger partial charge is 0.496 e. The summed E-state index contributed by atoms with van der Waals surface area (Å²) in [6.07, 6.45) is 0.778. The highest BCUT2D eigenvalue weighted by Gasteiger charge is 2.30. The number of aromatic nitrogens is 1. The number of amides is 3. The van der Waals surface area contributed by atoms with Crippen LogP contribution in [-0.2, 0) is 14.4 Å². The molecule has 0 aliphatic carbocycles. The number of alkyl halides is 1. The minimum absolute atomic E-state index is 0. The van der Waals surface area contributed by atoms with Crippen molar-refractivity contribution in [2.75, 3.05) is 26.1 Å². The van der Waals surface area contributed by atoms with Gasteiger partial charge in [-0.3, -0.25) is 19.2 Å². The van der Waals surface area contributed by atoms with E-state index < -0.39 is 17.9 Å². The van der Waals surface area contributed by atoms with Gasteiger partial charge in [0.15, 0.2) is 5.78 Å². The molecule has 2 atom stereocenters. The number of rotatable bonds is 9. The summed E-state index contributed by atoms with van der Waals surface area (Å²) in [5, 5.41) is 8.53. The maximum Gasteiger partial charge on any atom is 0.268 e. The molecule has 1 fully saturated rings. The Hall–Kier alpha value is -3.07. The second-order valence-electron chi connectivity index (χ2n) is 7.02. The zero-order valence-electron chi connectivity index (χ0n) is 18.4. The molecule has 0 unspecified atom stereocenters. The normalized spacial score (nSPS) is 15.4. The Labute approximate surface area is 199 Å². The third-order valence-corrected chi connectivity index (χ3v) is 5.30. The molecule has 0 saturated carbocycles. The fraction of sp³-hybridized carbons (Fsp3) is 0.478. The highest BCUT2D eigenvalue weighted by Crippen LogP contribution is 2.25. The molecule has 1 aromatic heterocycles. The predicted molar refractivity (Wildman–Crippen MR) is 129 cm³/mol. The number of fused-ring (bicyclic) bond motifs is 1. The van der Waals surface area contributed by atoms with Crippen molar-refractivity contribution in [1.29, 1.82) is 0 Å². The minimum Gasteiger partial charge on any atom is -0.496 e. The van der Waals surface area contributed by atoms with Gasteiger partial charge in [-0.05, 0) is 31.0 Å². The van der Waals surface area contributed by atoms with E-state index in [4.69, 9.17) is 16.3 Å². The Balaban J connectivity index is 0.00000177. The monoisotopic (exact) mass is 480 g/mol. The molecular weight excluding hydrogens is 448 g/mol. The fourth-order valence-corrected chi connectivity index (χ4v) is 3.63. The summed E-state index contributed by atoms with van der Waals surface area (Å²) in [5.74, 6) is -1.53. The minimum atomic E-state index is -0.877. The number of aromatic amines is 1. The van der Waals surface area contributed by atoms with Gasteiger partial charge in [-0.25, -0.2) is 0 Å². The van der Waals surface area contributed by atoms with E-state index in [2.05, 4.69) is 20.9 Å². The van der Waals surface area contributed by atoms with Gasteiger partial charge in [0, 0.05) is 23.4 Å². The van der Waals surface area contributed by atoms with Crippen molar-refractivity contribution in [1.82, 2.24) is 20.9 Å². The molecule has 2 heterocycles. The molecule has 0 bridgehead atoms. The first-order chi connectivity index (χ1) is 15.4. The maximum absolute atomic E-state index is 12.4. The molecule has 2 aromatic rings. The highest BCUT2D eigenvalue weighted by atomic mass is 35.5. The van der Waals surface area contributed by atoms with Gasteiger partial charge in [0.05, 0.1) is 25.6 Å². The quantitative estimate of drug-likeness (QED) is 0.409. The van der Waals surface area contributed by atoms with Crippen molar-refractivity contribution < 1.29 is 23.9 Å². The number of carbonyl (C=O) groups excluding carboxylic acids is 4. The second kappa shape index (κ2) is 13.5. The van der Waals surface area contributed by atoms with Crippen LogP contribution in [0, 0.1) is 5.92 Å². The lowest BCUT2D eigenvalue weighted by molar-refractivity contribution is -0.128. The molecular formula is C23H33ClN4O5. The van der Waals surface area contributed by atoms with Gasteiger partial charge in [0.1, 0.15) is 11.4 Å². The molecule has 4 N–H and O–H groups in total. The number of halogens is 1. The Morgan fingerprint density at radius 2 is 2.00 bits per heavy atom. The van der Waals surface area contributed by atoms with Crippen molar-refractivity contribution in [2.24, 2.45) is 5.92 Å². The number of Topliss-reactive ketones (excluding diaryl/α,β-unsaturated/α-hetero) is 1. The number of methoxy groups -OCH3 is 1. The summed E-state index contributed by atoms with van der Waals surface area (Å²) >= 11 is 5.64. The average Bonchev–Trinajstić information content (AvgIpc) is 3.43. The number of hydrogen-bond donors (Lipinski definition) is 4. The third-order valence-electron chi connectivity index (χ3n) is 5.04. The fourth-order valence-electron chi connectivity index (χ4n) is 3.45. The molecule has 3 amide bonds. The molecule has 1 aromatic carbocycles. The van der Waals surface area contributed by atoms with Crippen LogP contribution in [-0.4, -0.2) is 60.6 Å². The van der Waals surface area contributed by atoms with Crippen LogP contribution in [0.25, 0.3) is 10.9 Å². The van der Waals surface area contributed by atoms with Gasteiger partial charge in [0.25, 0.3) is 5.91 Å². The van der Waals surface area contributed by atoms with E-state index in [-0.39, 0.29) is 49.6 Å². The standard InChI is InChI=1S/C20H23ClN4O5.C2H6.CH4/c1-30-17-4-2-3-13-12(17)8-15(24-13)20(29)23-10-18(27)25-14(16(26)9-21)7-11-5-6-22-19(11)28;1-2;/h2-4,8,11,14,24H,5-7,9-10H2,1H3,(H,22,28)(H,23,29)(H,25,27);1-2H3;1H4/t11-,14-;;/m0../s1. The van der Waals surface area contributed by atoms with Gasteiger partial charge in [-0.15, -0.1) is 11.6 Å². The van der Waals surface area contributed by atoms with E-state index in [0.717, 1.165) is 10.9 Å². The van der Waals surface area contributed by atoms with Crippen LogP contribution in [0.4, 0.5) is 0 Å². The average molecular weight is 481 g/mol. The third kappa shape index (κ3) is 7.21. The molecule has 3 rings (SSSR count). The molecule has 1 saturated heterocycles. The summed E-state index contributed by atoms with van der Waals surface area (Å²) in [7, 11) is 1.54. The molecule has 0 spiro atoms. The summed E-state index contributed by atoms with van der Waals surface area (Å²) in [4.78, 5) is 51.5. The van der Waals surface area contributed by atoms with E-state index in [1.807, 2.05) is 19.9 Å². The highest BCUT2D eigenvalue weighted by molar-refractivity contribution is 6.28. The summed E-state index contributed by atoms with van der Waals surface area (Å²) in [6.45, 7) is 4.22. The topological polar surface area (TPSA) is 129 Å².